The van der Waals surface area contributed by atoms with Crippen molar-refractivity contribution in [1.82, 2.24) is 0 Å². The van der Waals surface area contributed by atoms with Crippen molar-refractivity contribution in [2.24, 2.45) is 0 Å². The Kier molecular flexibility index (Phi) is 4.68. The normalized spacial score (nSPS) is 12.4. The first kappa shape index (κ1) is 12.9. The van der Waals surface area contributed by atoms with Crippen molar-refractivity contribution in [3.8, 4) is 0 Å². The number of aryl methyl sites for hydroxylation is 2. The summed E-state index contributed by atoms with van der Waals surface area (Å²) in [5.74, 6) is -0.224. The van der Waals surface area contributed by atoms with E-state index >= 15 is 0 Å². The maximum absolute atomic E-state index is 11.6. The Labute approximate surface area is 98.0 Å². The Morgan fingerprint density at radius 1 is 1.38 bits per heavy atom. The topological polar surface area (TPSA) is 54.4 Å². The lowest BCUT2D eigenvalue weighted by Gasteiger charge is -2.06. The van der Waals surface area contributed by atoms with E-state index in [0.29, 0.717) is 5.75 Å². The van der Waals surface area contributed by atoms with Crippen LogP contribution >= 0.6 is 0 Å². The first-order valence-corrected chi connectivity index (χ1v) is 6.60. The van der Waals surface area contributed by atoms with Crippen molar-refractivity contribution in [2.75, 3.05) is 5.75 Å². The first-order chi connectivity index (χ1) is 7.49. The number of rotatable bonds is 5. The van der Waals surface area contributed by atoms with Gasteiger partial charge in [0, 0.05) is 22.3 Å². The van der Waals surface area contributed by atoms with Gasteiger partial charge in [-0.1, -0.05) is 23.8 Å². The van der Waals surface area contributed by atoms with E-state index < -0.39 is 16.8 Å². The van der Waals surface area contributed by atoms with Crippen LogP contribution in [0.25, 0.3) is 0 Å². The summed E-state index contributed by atoms with van der Waals surface area (Å²) >= 11 is 0. The minimum absolute atomic E-state index is 0.0303. The van der Waals surface area contributed by atoms with Gasteiger partial charge in [-0.25, -0.2) is 0 Å². The summed E-state index contributed by atoms with van der Waals surface area (Å²) in [6.07, 6.45) is -0.0303. The Morgan fingerprint density at radius 3 is 2.69 bits per heavy atom. The van der Waals surface area contributed by atoms with E-state index in [-0.39, 0.29) is 12.2 Å². The molecule has 0 aromatic heterocycles. The summed E-state index contributed by atoms with van der Waals surface area (Å²) in [4.78, 5) is 10.3. The number of hydrogen-bond acceptors (Lipinski definition) is 2. The van der Waals surface area contributed by atoms with Gasteiger partial charge in [-0.3, -0.25) is 9.00 Å². The van der Waals surface area contributed by atoms with E-state index in [9.17, 15) is 9.00 Å². The zero-order valence-corrected chi connectivity index (χ0v) is 10.3. The van der Waals surface area contributed by atoms with Gasteiger partial charge in [0.25, 0.3) is 0 Å². The lowest BCUT2D eigenvalue weighted by Crippen LogP contribution is -2.07. The quantitative estimate of drug-likeness (QED) is 0.856. The summed E-state index contributed by atoms with van der Waals surface area (Å²) in [5.41, 5.74) is 3.29. The fourth-order valence-electron chi connectivity index (χ4n) is 1.40. The molecule has 0 spiro atoms. The molecule has 0 bridgehead atoms. The van der Waals surface area contributed by atoms with Gasteiger partial charge < -0.3 is 5.11 Å². The number of carboxylic acid groups (broad SMARTS) is 1. The van der Waals surface area contributed by atoms with Crippen molar-refractivity contribution in [3.05, 3.63) is 34.9 Å². The molecule has 3 nitrogen and oxygen atoms in total. The molecule has 0 saturated heterocycles. The SMILES string of the molecule is Cc1ccc(C)c(CS(=O)CCC(=O)O)c1. The third-order valence-corrected chi connectivity index (χ3v) is 3.66. The van der Waals surface area contributed by atoms with E-state index in [2.05, 4.69) is 0 Å². The van der Waals surface area contributed by atoms with E-state index in [1.807, 2.05) is 32.0 Å². The number of aliphatic carboxylic acids is 1. The van der Waals surface area contributed by atoms with E-state index in [4.69, 9.17) is 5.11 Å². The van der Waals surface area contributed by atoms with Gasteiger partial charge >= 0.3 is 5.97 Å². The van der Waals surface area contributed by atoms with Crippen LogP contribution in [0.1, 0.15) is 23.1 Å². The second kappa shape index (κ2) is 5.80. The molecule has 0 aliphatic rings. The van der Waals surface area contributed by atoms with Gasteiger partial charge in [0.05, 0.1) is 6.42 Å². The fourth-order valence-corrected chi connectivity index (χ4v) is 2.61. The first-order valence-electron chi connectivity index (χ1n) is 5.12. The highest BCUT2D eigenvalue weighted by Crippen LogP contribution is 2.13. The van der Waals surface area contributed by atoms with Crippen molar-refractivity contribution in [3.63, 3.8) is 0 Å². The van der Waals surface area contributed by atoms with E-state index in [0.717, 1.165) is 16.7 Å². The molecule has 1 aromatic rings. The molecular weight excluding hydrogens is 224 g/mol. The zero-order chi connectivity index (χ0) is 12.1. The monoisotopic (exact) mass is 240 g/mol. The number of benzene rings is 1. The number of carboxylic acids is 1. The minimum atomic E-state index is -1.09. The molecule has 0 aliphatic carbocycles. The standard InChI is InChI=1S/C12H16O3S/c1-9-3-4-10(2)11(7-9)8-16(15)6-5-12(13)14/h3-4,7H,5-6,8H2,1-2H3,(H,13,14). The van der Waals surface area contributed by atoms with Gasteiger partial charge in [0.15, 0.2) is 0 Å². The average molecular weight is 240 g/mol. The van der Waals surface area contributed by atoms with Crippen LogP contribution in [0.5, 0.6) is 0 Å². The van der Waals surface area contributed by atoms with Crippen LogP contribution in [0.3, 0.4) is 0 Å². The van der Waals surface area contributed by atoms with E-state index in [1.165, 1.54) is 0 Å². The fraction of sp³-hybridized carbons (Fsp3) is 0.417. The van der Waals surface area contributed by atoms with Gasteiger partial charge in [-0.2, -0.15) is 0 Å². The second-order valence-corrected chi connectivity index (χ2v) is 5.44. The maximum Gasteiger partial charge on any atom is 0.304 e. The van der Waals surface area contributed by atoms with Gasteiger partial charge in [0.1, 0.15) is 0 Å². The average Bonchev–Trinajstić information content (AvgIpc) is 2.20. The Bertz CT molecular complexity index is 413. The molecule has 1 atom stereocenters. The highest BCUT2D eigenvalue weighted by Gasteiger charge is 2.07. The summed E-state index contributed by atoms with van der Waals surface area (Å²) in [6, 6.07) is 6.02. The zero-order valence-electron chi connectivity index (χ0n) is 9.53. The van der Waals surface area contributed by atoms with Crippen molar-refractivity contribution >= 4 is 16.8 Å². The molecule has 0 heterocycles. The molecule has 16 heavy (non-hydrogen) atoms. The Morgan fingerprint density at radius 2 is 2.06 bits per heavy atom. The van der Waals surface area contributed by atoms with Crippen LogP contribution in [-0.4, -0.2) is 21.0 Å². The lowest BCUT2D eigenvalue weighted by atomic mass is 10.1. The van der Waals surface area contributed by atoms with Crippen molar-refractivity contribution in [1.29, 1.82) is 0 Å². The molecule has 0 saturated carbocycles. The van der Waals surface area contributed by atoms with Crippen LogP contribution in [0.4, 0.5) is 0 Å². The molecular formula is C12H16O3S. The molecule has 88 valence electrons. The number of carbonyl (C=O) groups is 1. The van der Waals surface area contributed by atoms with Crippen molar-refractivity contribution in [2.45, 2.75) is 26.0 Å². The van der Waals surface area contributed by atoms with Crippen LogP contribution in [0, 0.1) is 13.8 Å². The molecule has 4 heteroatoms. The highest BCUT2D eigenvalue weighted by molar-refractivity contribution is 7.84. The Balaban J connectivity index is 2.62. The predicted molar refractivity (Wildman–Crippen MR) is 64.9 cm³/mol. The number of hydrogen-bond donors (Lipinski definition) is 1. The second-order valence-electron chi connectivity index (χ2n) is 3.86. The lowest BCUT2D eigenvalue weighted by molar-refractivity contribution is -0.136. The van der Waals surface area contributed by atoms with Crippen LogP contribution < -0.4 is 0 Å². The molecule has 1 N–H and O–H groups in total. The Hall–Kier alpha value is -1.16. The van der Waals surface area contributed by atoms with Crippen molar-refractivity contribution < 1.29 is 14.1 Å². The molecule has 0 fully saturated rings. The van der Waals surface area contributed by atoms with Crippen LogP contribution in [0.15, 0.2) is 18.2 Å². The molecule has 0 aliphatic heterocycles. The maximum atomic E-state index is 11.6. The van der Waals surface area contributed by atoms with Gasteiger partial charge in [-0.05, 0) is 25.0 Å². The molecule has 1 aromatic carbocycles. The van der Waals surface area contributed by atoms with Gasteiger partial charge in [0.2, 0.25) is 0 Å². The van der Waals surface area contributed by atoms with E-state index in [1.54, 1.807) is 0 Å². The van der Waals surface area contributed by atoms with Gasteiger partial charge in [-0.15, -0.1) is 0 Å². The summed E-state index contributed by atoms with van der Waals surface area (Å²) in [6.45, 7) is 3.96. The molecule has 0 radical (unpaired) electrons. The van der Waals surface area contributed by atoms with Crippen LogP contribution in [-0.2, 0) is 21.3 Å². The predicted octanol–water partition coefficient (Wildman–Crippen LogP) is 2.03. The smallest absolute Gasteiger partial charge is 0.304 e. The summed E-state index contributed by atoms with van der Waals surface area (Å²) < 4.78 is 11.6. The third kappa shape index (κ3) is 4.14. The molecule has 0 amide bonds. The third-order valence-electron chi connectivity index (χ3n) is 2.36. The molecule has 1 rings (SSSR count). The van der Waals surface area contributed by atoms with Crippen LogP contribution in [0.2, 0.25) is 0 Å². The largest absolute Gasteiger partial charge is 0.481 e. The summed E-state index contributed by atoms with van der Waals surface area (Å²) in [5, 5.41) is 8.49. The summed E-state index contributed by atoms with van der Waals surface area (Å²) in [7, 11) is -1.09. The highest BCUT2D eigenvalue weighted by atomic mass is 32.2. The molecule has 1 unspecified atom stereocenters. The minimum Gasteiger partial charge on any atom is -0.481 e.